The van der Waals surface area contributed by atoms with Crippen molar-refractivity contribution < 1.29 is 8.78 Å². The van der Waals surface area contributed by atoms with E-state index in [0.717, 1.165) is 19.3 Å². The lowest BCUT2D eigenvalue weighted by molar-refractivity contribution is 0.143. The van der Waals surface area contributed by atoms with Crippen molar-refractivity contribution in [2.24, 2.45) is 17.3 Å². The van der Waals surface area contributed by atoms with E-state index in [2.05, 4.69) is 36.7 Å². The molecule has 21 heavy (non-hydrogen) atoms. The van der Waals surface area contributed by atoms with Gasteiger partial charge in [0.2, 0.25) is 0 Å². The third kappa shape index (κ3) is 3.98. The maximum Gasteiger partial charge on any atom is 0.143 e. The van der Waals surface area contributed by atoms with Crippen molar-refractivity contribution in [3.05, 3.63) is 33.8 Å². The normalized spacial score (nSPS) is 26.9. The second-order valence-electron chi connectivity index (χ2n) is 7.18. The zero-order chi connectivity index (χ0) is 15.8. The Morgan fingerprint density at radius 1 is 1.24 bits per heavy atom. The van der Waals surface area contributed by atoms with Crippen LogP contribution < -0.4 is 0 Å². The van der Waals surface area contributed by atoms with Crippen LogP contribution in [0.15, 0.2) is 16.6 Å². The molecule has 0 nitrogen and oxygen atoms in total. The van der Waals surface area contributed by atoms with Gasteiger partial charge in [0.1, 0.15) is 11.6 Å². The summed E-state index contributed by atoms with van der Waals surface area (Å²) in [5, 5.41) is 0.00128. The van der Waals surface area contributed by atoms with E-state index >= 15 is 0 Å². The van der Waals surface area contributed by atoms with Gasteiger partial charge < -0.3 is 0 Å². The number of halogens is 4. The van der Waals surface area contributed by atoms with Crippen LogP contribution in [-0.2, 0) is 6.42 Å². The molecule has 1 aliphatic carbocycles. The van der Waals surface area contributed by atoms with Gasteiger partial charge in [0.15, 0.2) is 0 Å². The van der Waals surface area contributed by atoms with Crippen LogP contribution in [-0.4, -0.2) is 5.38 Å². The molecule has 0 bridgehead atoms. The Morgan fingerprint density at radius 2 is 1.90 bits per heavy atom. The molecule has 118 valence electrons. The van der Waals surface area contributed by atoms with Crippen molar-refractivity contribution in [2.45, 2.75) is 51.8 Å². The summed E-state index contributed by atoms with van der Waals surface area (Å²) in [5.74, 6) is -0.284. The zero-order valence-electron chi connectivity index (χ0n) is 12.7. The van der Waals surface area contributed by atoms with E-state index in [1.165, 1.54) is 12.1 Å². The van der Waals surface area contributed by atoms with Crippen molar-refractivity contribution >= 4 is 27.5 Å². The van der Waals surface area contributed by atoms with E-state index in [1.807, 2.05) is 0 Å². The molecule has 0 spiro atoms. The minimum atomic E-state index is -0.489. The lowest BCUT2D eigenvalue weighted by Gasteiger charge is -2.40. The van der Waals surface area contributed by atoms with Crippen LogP contribution in [0, 0.1) is 28.9 Å². The summed E-state index contributed by atoms with van der Waals surface area (Å²) in [6.07, 6.45) is 3.32. The Balaban J connectivity index is 2.20. The smallest absolute Gasteiger partial charge is 0.143 e. The molecule has 3 atom stereocenters. The standard InChI is InChI=1S/C17H22BrClF2/c1-17(2,3)11-4-6-14(19)10(8-11)9-12-15(20)7-5-13(18)16(12)21/h5,7,10-11,14H,4,6,8-9H2,1-3H3. The lowest BCUT2D eigenvalue weighted by Crippen LogP contribution is -2.33. The van der Waals surface area contributed by atoms with Crippen LogP contribution in [0.25, 0.3) is 0 Å². The van der Waals surface area contributed by atoms with Gasteiger partial charge in [-0.25, -0.2) is 8.78 Å². The first-order valence-corrected chi connectivity index (χ1v) is 8.69. The number of rotatable bonds is 2. The summed E-state index contributed by atoms with van der Waals surface area (Å²) in [5.41, 5.74) is 0.374. The molecule has 1 aromatic carbocycles. The van der Waals surface area contributed by atoms with Gasteiger partial charge in [0.25, 0.3) is 0 Å². The molecule has 1 fully saturated rings. The molecule has 4 heteroatoms. The maximum atomic E-state index is 14.1. The number of alkyl halides is 1. The van der Waals surface area contributed by atoms with Crippen molar-refractivity contribution in [2.75, 3.05) is 0 Å². The first-order valence-electron chi connectivity index (χ1n) is 7.46. The molecule has 0 amide bonds. The lowest BCUT2D eigenvalue weighted by atomic mass is 9.68. The summed E-state index contributed by atoms with van der Waals surface area (Å²) >= 11 is 9.56. The van der Waals surface area contributed by atoms with Crippen LogP contribution in [0.2, 0.25) is 0 Å². The van der Waals surface area contributed by atoms with E-state index in [1.54, 1.807) is 0 Å². The molecule has 1 aromatic rings. The van der Waals surface area contributed by atoms with Gasteiger partial charge in [0.05, 0.1) is 4.47 Å². The number of benzene rings is 1. The molecular weight excluding hydrogens is 358 g/mol. The summed E-state index contributed by atoms with van der Waals surface area (Å²) in [4.78, 5) is 0. The predicted octanol–water partition coefficient (Wildman–Crippen LogP) is 6.34. The van der Waals surface area contributed by atoms with E-state index in [9.17, 15) is 8.78 Å². The van der Waals surface area contributed by atoms with Crippen molar-refractivity contribution in [1.29, 1.82) is 0 Å². The van der Waals surface area contributed by atoms with E-state index in [0.29, 0.717) is 16.8 Å². The van der Waals surface area contributed by atoms with Crippen LogP contribution >= 0.6 is 27.5 Å². The number of hydrogen-bond acceptors (Lipinski definition) is 0. The van der Waals surface area contributed by atoms with Gasteiger partial charge in [-0.05, 0) is 71.0 Å². The summed E-state index contributed by atoms with van der Waals surface area (Å²) < 4.78 is 28.4. The molecule has 0 radical (unpaired) electrons. The Bertz CT molecular complexity index is 510. The molecule has 1 aliphatic rings. The highest BCUT2D eigenvalue weighted by molar-refractivity contribution is 9.10. The third-order valence-electron chi connectivity index (χ3n) is 4.72. The van der Waals surface area contributed by atoms with Crippen LogP contribution in [0.4, 0.5) is 8.78 Å². The molecule has 2 rings (SSSR count). The molecule has 0 aliphatic heterocycles. The van der Waals surface area contributed by atoms with Gasteiger partial charge in [-0.3, -0.25) is 0 Å². The van der Waals surface area contributed by atoms with Crippen LogP contribution in [0.3, 0.4) is 0 Å². The third-order valence-corrected chi connectivity index (χ3v) is 5.91. The van der Waals surface area contributed by atoms with E-state index < -0.39 is 11.6 Å². The zero-order valence-corrected chi connectivity index (χ0v) is 15.1. The predicted molar refractivity (Wildman–Crippen MR) is 87.7 cm³/mol. The first-order chi connectivity index (χ1) is 9.70. The van der Waals surface area contributed by atoms with Gasteiger partial charge in [0, 0.05) is 10.9 Å². The highest BCUT2D eigenvalue weighted by Gasteiger charge is 2.35. The minimum Gasteiger partial charge on any atom is -0.207 e. The number of hydrogen-bond donors (Lipinski definition) is 0. The summed E-state index contributed by atoms with van der Waals surface area (Å²) in [6.45, 7) is 6.68. The van der Waals surface area contributed by atoms with Crippen molar-refractivity contribution in [3.63, 3.8) is 0 Å². The Kier molecular flexibility index (Phi) is 5.36. The molecule has 0 aromatic heterocycles. The fourth-order valence-corrected chi connectivity index (χ4v) is 3.93. The van der Waals surface area contributed by atoms with Crippen LogP contribution in [0.1, 0.15) is 45.6 Å². The quantitative estimate of drug-likeness (QED) is 0.415. The maximum absolute atomic E-state index is 14.1. The topological polar surface area (TPSA) is 0 Å². The second kappa shape index (κ2) is 6.54. The fraction of sp³-hybridized carbons (Fsp3) is 0.647. The molecule has 0 saturated heterocycles. The average molecular weight is 380 g/mol. The minimum absolute atomic E-state index is 0.00128. The Labute approximate surface area is 139 Å². The molecule has 1 saturated carbocycles. The van der Waals surface area contributed by atoms with Crippen LogP contribution in [0.5, 0.6) is 0 Å². The summed E-state index contributed by atoms with van der Waals surface area (Å²) in [7, 11) is 0. The molecule has 0 heterocycles. The Hall–Kier alpha value is -0.150. The van der Waals surface area contributed by atoms with E-state index in [4.69, 9.17) is 11.6 Å². The second-order valence-corrected chi connectivity index (χ2v) is 8.59. The van der Waals surface area contributed by atoms with Crippen molar-refractivity contribution in [1.82, 2.24) is 0 Å². The average Bonchev–Trinajstić information content (AvgIpc) is 2.40. The largest absolute Gasteiger partial charge is 0.207 e. The first kappa shape index (κ1) is 17.2. The highest BCUT2D eigenvalue weighted by Crippen LogP contribution is 2.43. The Morgan fingerprint density at radius 3 is 2.52 bits per heavy atom. The van der Waals surface area contributed by atoms with Gasteiger partial charge in [-0.2, -0.15) is 0 Å². The molecule has 3 unspecified atom stereocenters. The van der Waals surface area contributed by atoms with E-state index in [-0.39, 0.29) is 22.3 Å². The monoisotopic (exact) mass is 378 g/mol. The van der Waals surface area contributed by atoms with Gasteiger partial charge in [-0.15, -0.1) is 11.6 Å². The molecule has 0 N–H and O–H groups in total. The van der Waals surface area contributed by atoms with Gasteiger partial charge >= 0.3 is 0 Å². The SMILES string of the molecule is CC(C)(C)C1CCC(Cl)C(Cc2c(F)ccc(Br)c2F)C1. The molecular formula is C17H22BrClF2. The van der Waals surface area contributed by atoms with Gasteiger partial charge in [-0.1, -0.05) is 20.8 Å². The fourth-order valence-electron chi connectivity index (χ4n) is 3.24. The van der Waals surface area contributed by atoms with Crippen molar-refractivity contribution in [3.8, 4) is 0 Å². The highest BCUT2D eigenvalue weighted by atomic mass is 79.9. The summed E-state index contributed by atoms with van der Waals surface area (Å²) in [6, 6.07) is 2.72.